The van der Waals surface area contributed by atoms with Crippen LogP contribution in [-0.4, -0.2) is 6.04 Å². The van der Waals surface area contributed by atoms with Gasteiger partial charge < -0.3 is 9.73 Å². The summed E-state index contributed by atoms with van der Waals surface area (Å²) in [7, 11) is 0. The number of alkyl halides is 3. The van der Waals surface area contributed by atoms with Crippen molar-refractivity contribution in [1.29, 1.82) is 5.26 Å². The third kappa shape index (κ3) is 4.14. The highest BCUT2D eigenvalue weighted by Gasteiger charge is 2.29. The minimum atomic E-state index is -4.37. The van der Waals surface area contributed by atoms with Crippen molar-refractivity contribution >= 4 is 11.8 Å². The molecule has 1 unspecified atom stereocenters. The maximum absolute atomic E-state index is 12.4. The predicted molar refractivity (Wildman–Crippen MR) is 72.2 cm³/mol. The topological polar surface area (TPSA) is 49.0 Å². The Hall–Kier alpha value is -2.68. The second-order valence-corrected chi connectivity index (χ2v) is 4.20. The van der Waals surface area contributed by atoms with Gasteiger partial charge in [-0.05, 0) is 48.6 Å². The van der Waals surface area contributed by atoms with Crippen LogP contribution in [0.1, 0.15) is 11.3 Å². The van der Waals surface area contributed by atoms with E-state index < -0.39 is 17.8 Å². The fourth-order valence-corrected chi connectivity index (χ4v) is 1.64. The molecule has 0 saturated carbocycles. The van der Waals surface area contributed by atoms with Crippen LogP contribution in [0.3, 0.4) is 0 Å². The molecule has 2 rings (SSSR count). The Morgan fingerprint density at radius 3 is 2.43 bits per heavy atom. The Kier molecular flexibility index (Phi) is 4.33. The van der Waals surface area contributed by atoms with E-state index in [0.717, 1.165) is 12.1 Å². The smallest absolute Gasteiger partial charge is 0.416 e. The highest BCUT2D eigenvalue weighted by molar-refractivity contribution is 5.51. The van der Waals surface area contributed by atoms with Crippen molar-refractivity contribution in [2.75, 3.05) is 5.32 Å². The molecule has 3 nitrogen and oxygen atoms in total. The molecule has 1 aromatic heterocycles. The molecule has 108 valence electrons. The van der Waals surface area contributed by atoms with Gasteiger partial charge in [-0.1, -0.05) is 0 Å². The van der Waals surface area contributed by atoms with Crippen LogP contribution >= 0.6 is 0 Å². The molecule has 0 aliphatic heterocycles. The molecule has 1 heterocycles. The molecule has 0 saturated heterocycles. The second-order valence-electron chi connectivity index (χ2n) is 4.20. The van der Waals surface area contributed by atoms with Crippen LogP contribution in [0.25, 0.3) is 6.08 Å². The molecular formula is C15H11F3N2O. The van der Waals surface area contributed by atoms with Crippen LogP contribution in [0.15, 0.2) is 53.2 Å². The quantitative estimate of drug-likeness (QED) is 0.913. The van der Waals surface area contributed by atoms with E-state index in [-0.39, 0.29) is 0 Å². The van der Waals surface area contributed by atoms with E-state index in [1.807, 2.05) is 6.07 Å². The van der Waals surface area contributed by atoms with Crippen LogP contribution < -0.4 is 5.32 Å². The summed E-state index contributed by atoms with van der Waals surface area (Å²) < 4.78 is 42.4. The van der Waals surface area contributed by atoms with E-state index in [9.17, 15) is 13.2 Å². The van der Waals surface area contributed by atoms with Gasteiger partial charge in [-0.2, -0.15) is 18.4 Å². The SMILES string of the molecule is N#CC(/C=C/c1ccco1)Nc1ccc(C(F)(F)F)cc1. The van der Waals surface area contributed by atoms with Gasteiger partial charge in [0, 0.05) is 5.69 Å². The van der Waals surface area contributed by atoms with Crippen molar-refractivity contribution < 1.29 is 17.6 Å². The summed E-state index contributed by atoms with van der Waals surface area (Å²) in [6, 6.07) is 9.26. The average Bonchev–Trinajstić information content (AvgIpc) is 2.96. The monoisotopic (exact) mass is 292 g/mol. The first-order valence-corrected chi connectivity index (χ1v) is 6.04. The van der Waals surface area contributed by atoms with Crippen molar-refractivity contribution in [2.45, 2.75) is 12.2 Å². The number of benzene rings is 1. The minimum absolute atomic E-state index is 0.429. The van der Waals surface area contributed by atoms with Gasteiger partial charge in [0.25, 0.3) is 0 Å². The number of furan rings is 1. The lowest BCUT2D eigenvalue weighted by molar-refractivity contribution is -0.137. The first-order valence-electron chi connectivity index (χ1n) is 6.04. The standard InChI is InChI=1S/C15H11F3N2O/c16-15(17,18)11-3-5-12(6-4-11)20-13(10-19)7-8-14-2-1-9-21-14/h1-9,13,20H/b8-7+. The van der Waals surface area contributed by atoms with E-state index in [1.165, 1.54) is 18.4 Å². The number of nitrogens with zero attached hydrogens (tertiary/aromatic N) is 1. The molecule has 21 heavy (non-hydrogen) atoms. The van der Waals surface area contributed by atoms with Crippen molar-refractivity contribution in [2.24, 2.45) is 0 Å². The van der Waals surface area contributed by atoms with Crippen molar-refractivity contribution in [1.82, 2.24) is 0 Å². The first-order chi connectivity index (χ1) is 9.99. The van der Waals surface area contributed by atoms with E-state index in [2.05, 4.69) is 5.32 Å². The summed E-state index contributed by atoms with van der Waals surface area (Å²) >= 11 is 0. The van der Waals surface area contributed by atoms with Gasteiger partial charge in [0.05, 0.1) is 17.9 Å². The first kappa shape index (κ1) is 14.7. The minimum Gasteiger partial charge on any atom is -0.465 e. The number of rotatable bonds is 4. The summed E-state index contributed by atoms with van der Waals surface area (Å²) in [6.45, 7) is 0. The van der Waals surface area contributed by atoms with Crippen LogP contribution in [0.4, 0.5) is 18.9 Å². The maximum atomic E-state index is 12.4. The predicted octanol–water partition coefficient (Wildman–Crippen LogP) is 4.32. The van der Waals surface area contributed by atoms with Crippen molar-refractivity contribution in [3.63, 3.8) is 0 Å². The number of nitrogens with one attached hydrogen (secondary N) is 1. The summed E-state index contributed by atoms with van der Waals surface area (Å²) in [5.41, 5.74) is -0.300. The van der Waals surface area contributed by atoms with Gasteiger partial charge >= 0.3 is 6.18 Å². The summed E-state index contributed by atoms with van der Waals surface area (Å²) in [6.07, 6.45) is 0.318. The van der Waals surface area contributed by atoms with E-state index in [4.69, 9.17) is 9.68 Å². The van der Waals surface area contributed by atoms with Crippen LogP contribution in [-0.2, 0) is 6.18 Å². The van der Waals surface area contributed by atoms with Crippen LogP contribution in [0.5, 0.6) is 0 Å². The molecule has 0 amide bonds. The Bertz CT molecular complexity index is 637. The normalized spacial score (nSPS) is 13.0. The molecule has 0 aliphatic carbocycles. The zero-order valence-corrected chi connectivity index (χ0v) is 10.8. The molecular weight excluding hydrogens is 281 g/mol. The number of nitriles is 1. The van der Waals surface area contributed by atoms with Crippen LogP contribution in [0.2, 0.25) is 0 Å². The highest BCUT2D eigenvalue weighted by atomic mass is 19.4. The van der Waals surface area contributed by atoms with Crippen molar-refractivity contribution in [3.05, 3.63) is 60.1 Å². The zero-order valence-electron chi connectivity index (χ0n) is 10.8. The molecule has 1 atom stereocenters. The van der Waals surface area contributed by atoms with Gasteiger partial charge in [-0.15, -0.1) is 0 Å². The number of halogens is 3. The molecule has 1 N–H and O–H groups in total. The van der Waals surface area contributed by atoms with Gasteiger partial charge in [-0.25, -0.2) is 0 Å². The number of hydrogen-bond donors (Lipinski definition) is 1. The van der Waals surface area contributed by atoms with E-state index >= 15 is 0 Å². The molecule has 1 aromatic carbocycles. The van der Waals surface area contributed by atoms with Gasteiger partial charge in [0.15, 0.2) is 0 Å². The zero-order chi connectivity index (χ0) is 15.3. The summed E-state index contributed by atoms with van der Waals surface area (Å²) in [4.78, 5) is 0. The summed E-state index contributed by atoms with van der Waals surface area (Å²) in [5.74, 6) is 0.587. The van der Waals surface area contributed by atoms with Crippen LogP contribution in [0, 0.1) is 11.3 Å². The average molecular weight is 292 g/mol. The van der Waals surface area contributed by atoms with E-state index in [1.54, 1.807) is 24.3 Å². The lowest BCUT2D eigenvalue weighted by Gasteiger charge is -2.11. The Morgan fingerprint density at radius 1 is 1.19 bits per heavy atom. The molecule has 0 aliphatic rings. The third-order valence-corrected chi connectivity index (χ3v) is 2.67. The number of anilines is 1. The lowest BCUT2D eigenvalue weighted by atomic mass is 10.2. The molecule has 0 fully saturated rings. The maximum Gasteiger partial charge on any atom is 0.416 e. The fourth-order valence-electron chi connectivity index (χ4n) is 1.64. The fraction of sp³-hybridized carbons (Fsp3) is 0.133. The molecule has 6 heteroatoms. The highest BCUT2D eigenvalue weighted by Crippen LogP contribution is 2.29. The van der Waals surface area contributed by atoms with Crippen molar-refractivity contribution in [3.8, 4) is 6.07 Å². The van der Waals surface area contributed by atoms with Gasteiger partial charge in [-0.3, -0.25) is 0 Å². The third-order valence-electron chi connectivity index (χ3n) is 2.67. The second kappa shape index (κ2) is 6.18. The largest absolute Gasteiger partial charge is 0.465 e. The molecule has 0 spiro atoms. The Labute approximate surface area is 119 Å². The van der Waals surface area contributed by atoms with Gasteiger partial charge in [0.1, 0.15) is 11.8 Å². The van der Waals surface area contributed by atoms with Gasteiger partial charge in [0.2, 0.25) is 0 Å². The Morgan fingerprint density at radius 2 is 1.90 bits per heavy atom. The summed E-state index contributed by atoms with van der Waals surface area (Å²) in [5, 5.41) is 11.8. The molecule has 0 bridgehead atoms. The lowest BCUT2D eigenvalue weighted by Crippen LogP contribution is -2.14. The Balaban J connectivity index is 2.04. The van der Waals surface area contributed by atoms with E-state index in [0.29, 0.717) is 11.4 Å². The molecule has 0 radical (unpaired) electrons. The molecule has 2 aromatic rings. The number of hydrogen-bond acceptors (Lipinski definition) is 3.